The maximum atomic E-state index is 13.0. The van der Waals surface area contributed by atoms with Crippen molar-refractivity contribution in [2.24, 2.45) is 0 Å². The fraction of sp³-hybridized carbons (Fsp3) is 0.238. The molecule has 0 aliphatic carbocycles. The van der Waals surface area contributed by atoms with E-state index >= 15 is 0 Å². The predicted octanol–water partition coefficient (Wildman–Crippen LogP) is 3.26. The fourth-order valence-corrected chi connectivity index (χ4v) is 3.79. The van der Waals surface area contributed by atoms with Crippen LogP contribution in [0.4, 0.5) is 5.82 Å². The molecule has 29 heavy (non-hydrogen) atoms. The lowest BCUT2D eigenvalue weighted by Gasteiger charge is -2.22. The number of amides is 1. The molecule has 1 aliphatic rings. The number of nitrogens with zero attached hydrogens (tertiary/aromatic N) is 3. The molecule has 148 valence electrons. The molecule has 0 spiro atoms. The van der Waals surface area contributed by atoms with Crippen LogP contribution in [0.25, 0.3) is 5.76 Å². The number of ketones is 1. The van der Waals surface area contributed by atoms with Crippen molar-refractivity contribution >= 4 is 23.3 Å². The molecule has 1 aliphatic heterocycles. The van der Waals surface area contributed by atoms with Gasteiger partial charge in [0.15, 0.2) is 5.82 Å². The molecule has 1 unspecified atom stereocenters. The van der Waals surface area contributed by atoms with Crippen molar-refractivity contribution in [3.05, 3.63) is 70.0 Å². The number of carbonyl (C=O) groups excluding carboxylic acids is 2. The summed E-state index contributed by atoms with van der Waals surface area (Å²) >= 11 is 0. The standard InChI is InChI=1S/C21H20N4O4/c1-10-9-15(24-29-10)25-18(14-5-7-22-8-6-14)17(20(27)21(25)28)19(26)16-11(2)12(3)23-13(16)4/h5-9,18,23,26H,1-4H3/b19-17+. The van der Waals surface area contributed by atoms with Gasteiger partial charge in [0.1, 0.15) is 11.5 Å². The molecule has 0 bridgehead atoms. The minimum Gasteiger partial charge on any atom is -0.507 e. The van der Waals surface area contributed by atoms with Crippen LogP contribution >= 0.6 is 0 Å². The number of hydrogen-bond donors (Lipinski definition) is 2. The summed E-state index contributed by atoms with van der Waals surface area (Å²) in [6.45, 7) is 7.25. The average Bonchev–Trinajstić information content (AvgIpc) is 3.31. The molecule has 0 saturated carbocycles. The summed E-state index contributed by atoms with van der Waals surface area (Å²) in [6.07, 6.45) is 3.14. The fourth-order valence-electron chi connectivity index (χ4n) is 3.79. The van der Waals surface area contributed by atoms with E-state index in [2.05, 4.69) is 15.1 Å². The van der Waals surface area contributed by atoms with Crippen molar-refractivity contribution in [2.75, 3.05) is 4.90 Å². The van der Waals surface area contributed by atoms with E-state index in [-0.39, 0.29) is 17.2 Å². The summed E-state index contributed by atoms with van der Waals surface area (Å²) in [4.78, 5) is 34.4. The van der Waals surface area contributed by atoms with Crippen molar-refractivity contribution in [3.8, 4) is 0 Å². The van der Waals surface area contributed by atoms with Gasteiger partial charge in [-0.1, -0.05) is 5.16 Å². The second-order valence-corrected chi connectivity index (χ2v) is 7.12. The van der Waals surface area contributed by atoms with E-state index in [0.717, 1.165) is 17.0 Å². The van der Waals surface area contributed by atoms with Crippen molar-refractivity contribution in [1.29, 1.82) is 0 Å². The van der Waals surface area contributed by atoms with Crippen LogP contribution in [0.15, 0.2) is 40.7 Å². The summed E-state index contributed by atoms with van der Waals surface area (Å²) in [6, 6.07) is 4.13. The number of rotatable bonds is 3. The molecule has 2 N–H and O–H groups in total. The van der Waals surface area contributed by atoms with Gasteiger partial charge in [0.05, 0.1) is 11.6 Å². The van der Waals surface area contributed by atoms with Gasteiger partial charge in [-0.2, -0.15) is 0 Å². The first-order valence-corrected chi connectivity index (χ1v) is 9.11. The molecule has 0 aromatic carbocycles. The second-order valence-electron chi connectivity index (χ2n) is 7.12. The first kappa shape index (κ1) is 18.7. The number of aromatic amines is 1. The van der Waals surface area contributed by atoms with Crippen LogP contribution in [-0.4, -0.2) is 31.9 Å². The smallest absolute Gasteiger partial charge is 0.301 e. The van der Waals surface area contributed by atoms with Gasteiger partial charge in [0, 0.05) is 35.4 Å². The van der Waals surface area contributed by atoms with Crippen LogP contribution in [0.3, 0.4) is 0 Å². The molecular formula is C21H20N4O4. The molecule has 0 radical (unpaired) electrons. The Bertz CT molecular complexity index is 1160. The Kier molecular flexibility index (Phi) is 4.34. The number of aromatic nitrogens is 3. The molecule has 4 rings (SSSR count). The lowest BCUT2D eigenvalue weighted by molar-refractivity contribution is -0.132. The molecule has 3 aromatic rings. The number of hydrogen-bond acceptors (Lipinski definition) is 6. The van der Waals surface area contributed by atoms with E-state index in [9.17, 15) is 14.7 Å². The van der Waals surface area contributed by atoms with E-state index in [1.165, 1.54) is 4.90 Å². The highest BCUT2D eigenvalue weighted by Crippen LogP contribution is 2.42. The highest BCUT2D eigenvalue weighted by molar-refractivity contribution is 6.51. The molecule has 4 heterocycles. The highest BCUT2D eigenvalue weighted by atomic mass is 16.5. The molecule has 8 heteroatoms. The summed E-state index contributed by atoms with van der Waals surface area (Å²) in [5, 5.41) is 15.1. The highest BCUT2D eigenvalue weighted by Gasteiger charge is 2.48. The van der Waals surface area contributed by atoms with Crippen molar-refractivity contribution in [3.63, 3.8) is 0 Å². The van der Waals surface area contributed by atoms with Gasteiger partial charge in [-0.25, -0.2) is 0 Å². The van der Waals surface area contributed by atoms with Gasteiger partial charge in [0.2, 0.25) is 0 Å². The minimum atomic E-state index is -0.850. The van der Waals surface area contributed by atoms with Crippen molar-refractivity contribution < 1.29 is 19.2 Å². The Balaban J connectivity index is 1.99. The van der Waals surface area contributed by atoms with Gasteiger partial charge in [-0.05, 0) is 51.0 Å². The summed E-state index contributed by atoms with van der Waals surface area (Å²) in [5.41, 5.74) is 3.57. The van der Waals surface area contributed by atoms with Gasteiger partial charge in [-0.3, -0.25) is 19.5 Å². The number of nitrogens with one attached hydrogen (secondary N) is 1. The second kappa shape index (κ2) is 6.73. The van der Waals surface area contributed by atoms with E-state index in [1.54, 1.807) is 37.5 Å². The number of anilines is 1. The zero-order valence-corrected chi connectivity index (χ0v) is 16.5. The monoisotopic (exact) mass is 392 g/mol. The number of H-pyrrole nitrogens is 1. The predicted molar refractivity (Wildman–Crippen MR) is 105 cm³/mol. The van der Waals surface area contributed by atoms with E-state index in [1.807, 2.05) is 20.8 Å². The summed E-state index contributed by atoms with van der Waals surface area (Å²) in [5.74, 6) is -1.05. The lowest BCUT2D eigenvalue weighted by Crippen LogP contribution is -2.29. The maximum Gasteiger partial charge on any atom is 0.301 e. The van der Waals surface area contributed by atoms with Gasteiger partial charge in [0.25, 0.3) is 5.78 Å². The van der Waals surface area contributed by atoms with Crippen LogP contribution in [0.5, 0.6) is 0 Å². The zero-order valence-electron chi connectivity index (χ0n) is 16.5. The third kappa shape index (κ3) is 2.84. The molecule has 1 amide bonds. The minimum absolute atomic E-state index is 0.00653. The van der Waals surface area contributed by atoms with Crippen LogP contribution < -0.4 is 4.90 Å². The largest absolute Gasteiger partial charge is 0.507 e. The number of aliphatic hydroxyl groups is 1. The lowest BCUT2D eigenvalue weighted by atomic mass is 9.94. The first-order chi connectivity index (χ1) is 13.8. The number of aryl methyl sites for hydroxylation is 3. The SMILES string of the molecule is Cc1cc(N2C(=O)C(=O)/C(=C(/O)c3c(C)[nH]c(C)c3C)C2c2ccncc2)no1. The van der Waals surface area contributed by atoms with Crippen molar-refractivity contribution in [2.45, 2.75) is 33.7 Å². The quantitative estimate of drug-likeness (QED) is 0.402. The van der Waals surface area contributed by atoms with Gasteiger partial charge in [-0.15, -0.1) is 0 Å². The van der Waals surface area contributed by atoms with Crippen LogP contribution in [-0.2, 0) is 9.59 Å². The molecule has 1 atom stereocenters. The Morgan fingerprint density at radius 2 is 1.83 bits per heavy atom. The average molecular weight is 392 g/mol. The molecular weight excluding hydrogens is 372 g/mol. The Morgan fingerprint density at radius 3 is 2.38 bits per heavy atom. The maximum absolute atomic E-state index is 13.0. The zero-order chi connectivity index (χ0) is 20.9. The van der Waals surface area contributed by atoms with Crippen LogP contribution in [0.1, 0.15) is 39.9 Å². The first-order valence-electron chi connectivity index (χ1n) is 9.11. The molecule has 1 fully saturated rings. The normalized spacial score (nSPS) is 18.6. The number of pyridine rings is 1. The Labute approximate surface area is 166 Å². The van der Waals surface area contributed by atoms with Crippen LogP contribution in [0, 0.1) is 27.7 Å². The van der Waals surface area contributed by atoms with E-state index in [4.69, 9.17) is 4.52 Å². The molecule has 8 nitrogen and oxygen atoms in total. The number of aliphatic hydroxyl groups excluding tert-OH is 1. The third-order valence-electron chi connectivity index (χ3n) is 5.25. The van der Waals surface area contributed by atoms with Gasteiger partial charge < -0.3 is 14.6 Å². The van der Waals surface area contributed by atoms with E-state index < -0.39 is 17.7 Å². The summed E-state index contributed by atoms with van der Waals surface area (Å²) < 4.78 is 5.12. The third-order valence-corrected chi connectivity index (χ3v) is 5.25. The Hall–Kier alpha value is -3.68. The van der Waals surface area contributed by atoms with E-state index in [0.29, 0.717) is 16.9 Å². The molecule has 3 aromatic heterocycles. The van der Waals surface area contributed by atoms with Crippen LogP contribution in [0.2, 0.25) is 0 Å². The van der Waals surface area contributed by atoms with Crippen molar-refractivity contribution in [1.82, 2.24) is 15.1 Å². The number of carbonyl (C=O) groups is 2. The topological polar surface area (TPSA) is 112 Å². The molecule has 1 saturated heterocycles. The Morgan fingerprint density at radius 1 is 1.14 bits per heavy atom. The number of Topliss-reactive ketones (excluding diaryl/α,β-unsaturated/α-hetero) is 1. The van der Waals surface area contributed by atoms with Gasteiger partial charge >= 0.3 is 5.91 Å². The summed E-state index contributed by atoms with van der Waals surface area (Å²) in [7, 11) is 0.